The monoisotopic (exact) mass is 255 g/mol. The number of rotatable bonds is 4. The second-order valence-corrected chi connectivity index (χ2v) is 6.57. The second-order valence-electron chi connectivity index (χ2n) is 6.57. The van der Waals surface area contributed by atoms with Crippen molar-refractivity contribution in [2.45, 2.75) is 66.0 Å². The molecule has 0 aromatic heterocycles. The Morgan fingerprint density at radius 3 is 2.33 bits per heavy atom. The largest absolute Gasteiger partial charge is 0.461 e. The van der Waals surface area contributed by atoms with Crippen molar-refractivity contribution in [2.75, 3.05) is 0 Å². The van der Waals surface area contributed by atoms with Gasteiger partial charge in [0.2, 0.25) is 0 Å². The molecule has 3 nitrogen and oxygen atoms in total. The van der Waals surface area contributed by atoms with Gasteiger partial charge in [0.15, 0.2) is 0 Å². The van der Waals surface area contributed by atoms with Gasteiger partial charge >= 0.3 is 5.97 Å². The molecule has 0 bridgehead atoms. The molecule has 1 aliphatic carbocycles. The minimum atomic E-state index is -0.491. The normalized spacial score (nSPS) is 30.6. The summed E-state index contributed by atoms with van der Waals surface area (Å²) in [5, 5.41) is 0. The van der Waals surface area contributed by atoms with Crippen LogP contribution in [0.3, 0.4) is 0 Å². The highest BCUT2D eigenvalue weighted by Crippen LogP contribution is 2.35. The van der Waals surface area contributed by atoms with E-state index in [1.807, 2.05) is 13.8 Å². The summed E-state index contributed by atoms with van der Waals surface area (Å²) < 4.78 is 5.69. The summed E-state index contributed by atoms with van der Waals surface area (Å²) in [5.74, 6) is 1.61. The maximum Gasteiger partial charge on any atom is 0.323 e. The number of carbonyl (C=O) groups is 1. The zero-order valence-corrected chi connectivity index (χ0v) is 12.5. The van der Waals surface area contributed by atoms with E-state index in [4.69, 9.17) is 10.5 Å². The number of esters is 1. The lowest BCUT2D eigenvalue weighted by atomic mass is 9.75. The lowest BCUT2D eigenvalue weighted by Gasteiger charge is -2.37. The molecule has 1 rings (SSSR count). The van der Waals surface area contributed by atoms with E-state index in [1.54, 1.807) is 0 Å². The summed E-state index contributed by atoms with van der Waals surface area (Å²) in [7, 11) is 0. The Morgan fingerprint density at radius 1 is 1.22 bits per heavy atom. The Kier molecular flexibility index (Phi) is 5.64. The first-order valence-corrected chi connectivity index (χ1v) is 7.29. The van der Waals surface area contributed by atoms with Gasteiger partial charge in [-0.3, -0.25) is 4.79 Å². The molecular formula is C15H29NO2. The fourth-order valence-corrected chi connectivity index (χ4v) is 2.75. The molecule has 0 heterocycles. The van der Waals surface area contributed by atoms with Crippen molar-refractivity contribution in [3.05, 3.63) is 0 Å². The van der Waals surface area contributed by atoms with Crippen LogP contribution < -0.4 is 5.73 Å². The van der Waals surface area contributed by atoms with Crippen LogP contribution in [0.1, 0.15) is 53.9 Å². The molecule has 0 amide bonds. The van der Waals surface area contributed by atoms with E-state index in [-0.39, 0.29) is 18.0 Å². The summed E-state index contributed by atoms with van der Waals surface area (Å²) in [6.45, 7) is 10.6. The van der Waals surface area contributed by atoms with Crippen LogP contribution in [0.15, 0.2) is 0 Å². The van der Waals surface area contributed by atoms with Gasteiger partial charge in [-0.2, -0.15) is 0 Å². The predicted molar refractivity (Wildman–Crippen MR) is 74.0 cm³/mol. The molecule has 0 aromatic rings. The average Bonchev–Trinajstić information content (AvgIpc) is 2.27. The van der Waals surface area contributed by atoms with E-state index in [0.29, 0.717) is 17.8 Å². The third kappa shape index (κ3) is 3.98. The minimum Gasteiger partial charge on any atom is -0.461 e. The van der Waals surface area contributed by atoms with Crippen LogP contribution in [-0.2, 0) is 9.53 Å². The van der Waals surface area contributed by atoms with Crippen molar-refractivity contribution in [1.29, 1.82) is 0 Å². The number of hydrogen-bond acceptors (Lipinski definition) is 3. The Bertz CT molecular complexity index is 276. The van der Waals surface area contributed by atoms with Crippen LogP contribution in [0, 0.1) is 23.7 Å². The van der Waals surface area contributed by atoms with Crippen LogP contribution in [0.5, 0.6) is 0 Å². The smallest absolute Gasteiger partial charge is 0.323 e. The van der Waals surface area contributed by atoms with Crippen molar-refractivity contribution >= 4 is 5.97 Å². The van der Waals surface area contributed by atoms with E-state index in [1.165, 1.54) is 6.42 Å². The van der Waals surface area contributed by atoms with E-state index >= 15 is 0 Å². The van der Waals surface area contributed by atoms with Gasteiger partial charge in [-0.05, 0) is 36.5 Å². The summed E-state index contributed by atoms with van der Waals surface area (Å²) in [6.07, 6.45) is 3.45. The quantitative estimate of drug-likeness (QED) is 0.786. The van der Waals surface area contributed by atoms with E-state index in [9.17, 15) is 4.79 Å². The molecule has 3 heteroatoms. The first kappa shape index (κ1) is 15.5. The third-order valence-corrected chi connectivity index (χ3v) is 4.22. The first-order chi connectivity index (χ1) is 8.32. The van der Waals surface area contributed by atoms with Gasteiger partial charge in [-0.1, -0.05) is 41.0 Å². The lowest BCUT2D eigenvalue weighted by molar-refractivity contribution is -0.158. The summed E-state index contributed by atoms with van der Waals surface area (Å²) in [6, 6.07) is -0.491. The number of carbonyl (C=O) groups excluding carboxylic acids is 1. The minimum absolute atomic E-state index is 0.0612. The Labute approximate surface area is 111 Å². The van der Waals surface area contributed by atoms with Crippen molar-refractivity contribution in [3.8, 4) is 0 Å². The second kappa shape index (κ2) is 6.55. The SMILES string of the molecule is CC1CCC(C(C)C)C(OC(=O)[C@@H](N)C(C)C)C1. The molecule has 0 spiro atoms. The number of hydrogen-bond donors (Lipinski definition) is 1. The van der Waals surface area contributed by atoms with Crippen LogP contribution in [0.4, 0.5) is 0 Å². The molecule has 4 atom stereocenters. The molecule has 106 valence electrons. The van der Waals surface area contributed by atoms with Gasteiger partial charge < -0.3 is 10.5 Å². The molecule has 1 aliphatic rings. The molecule has 1 fully saturated rings. The predicted octanol–water partition coefficient (Wildman–Crippen LogP) is 2.97. The van der Waals surface area contributed by atoms with Gasteiger partial charge in [0.25, 0.3) is 0 Å². The molecule has 0 aromatic carbocycles. The van der Waals surface area contributed by atoms with Crippen LogP contribution in [0.25, 0.3) is 0 Å². The van der Waals surface area contributed by atoms with E-state index in [2.05, 4.69) is 20.8 Å². The molecule has 0 aliphatic heterocycles. The van der Waals surface area contributed by atoms with Gasteiger partial charge in [0.05, 0.1) is 0 Å². The van der Waals surface area contributed by atoms with Crippen LogP contribution in [-0.4, -0.2) is 18.1 Å². The first-order valence-electron chi connectivity index (χ1n) is 7.29. The fourth-order valence-electron chi connectivity index (χ4n) is 2.75. The Hall–Kier alpha value is -0.570. The van der Waals surface area contributed by atoms with Crippen molar-refractivity contribution in [3.63, 3.8) is 0 Å². The van der Waals surface area contributed by atoms with Gasteiger partial charge in [0.1, 0.15) is 12.1 Å². The standard InChI is InChI=1S/C15H29NO2/c1-9(2)12-7-6-11(5)8-13(12)18-15(17)14(16)10(3)4/h9-14H,6-8,16H2,1-5H3/t11?,12?,13?,14-/m0/s1. The topological polar surface area (TPSA) is 52.3 Å². The maximum atomic E-state index is 12.0. The maximum absolute atomic E-state index is 12.0. The molecule has 0 radical (unpaired) electrons. The van der Waals surface area contributed by atoms with E-state index < -0.39 is 6.04 Å². The molecule has 3 unspecified atom stereocenters. The molecule has 0 saturated heterocycles. The van der Waals surface area contributed by atoms with Gasteiger partial charge in [-0.25, -0.2) is 0 Å². The summed E-state index contributed by atoms with van der Waals surface area (Å²) >= 11 is 0. The Balaban J connectivity index is 2.63. The molecule has 1 saturated carbocycles. The van der Waals surface area contributed by atoms with Crippen molar-refractivity contribution in [1.82, 2.24) is 0 Å². The van der Waals surface area contributed by atoms with Crippen molar-refractivity contribution < 1.29 is 9.53 Å². The zero-order chi connectivity index (χ0) is 13.9. The van der Waals surface area contributed by atoms with Gasteiger partial charge in [0, 0.05) is 0 Å². The number of nitrogens with two attached hydrogens (primary N) is 1. The van der Waals surface area contributed by atoms with Gasteiger partial charge in [-0.15, -0.1) is 0 Å². The van der Waals surface area contributed by atoms with Crippen molar-refractivity contribution in [2.24, 2.45) is 29.4 Å². The third-order valence-electron chi connectivity index (χ3n) is 4.22. The molecule has 18 heavy (non-hydrogen) atoms. The van der Waals surface area contributed by atoms with Crippen LogP contribution in [0.2, 0.25) is 0 Å². The van der Waals surface area contributed by atoms with Crippen LogP contribution >= 0.6 is 0 Å². The highest BCUT2D eigenvalue weighted by atomic mass is 16.5. The number of ether oxygens (including phenoxy) is 1. The molecular weight excluding hydrogens is 226 g/mol. The lowest BCUT2D eigenvalue weighted by Crippen LogP contribution is -2.43. The average molecular weight is 255 g/mol. The zero-order valence-electron chi connectivity index (χ0n) is 12.5. The molecule has 2 N–H and O–H groups in total. The fraction of sp³-hybridized carbons (Fsp3) is 0.933. The van der Waals surface area contributed by atoms with E-state index in [0.717, 1.165) is 12.8 Å². The summed E-state index contributed by atoms with van der Waals surface area (Å²) in [5.41, 5.74) is 5.86. The summed E-state index contributed by atoms with van der Waals surface area (Å²) in [4.78, 5) is 12.0. The highest BCUT2D eigenvalue weighted by Gasteiger charge is 2.34. The Morgan fingerprint density at radius 2 is 1.83 bits per heavy atom. The highest BCUT2D eigenvalue weighted by molar-refractivity contribution is 5.76.